The molecule has 1 aliphatic rings. The number of hydrogen-bond acceptors (Lipinski definition) is 4. The molecule has 0 radical (unpaired) electrons. The molecule has 130 valence electrons. The summed E-state index contributed by atoms with van der Waals surface area (Å²) >= 11 is 12.0. The zero-order valence-electron chi connectivity index (χ0n) is 13.7. The second-order valence-corrected chi connectivity index (χ2v) is 6.48. The molecule has 0 aliphatic carbocycles. The van der Waals surface area contributed by atoms with Crippen molar-refractivity contribution in [3.8, 4) is 5.75 Å². The SMILES string of the molecule is CC(=O)N1N=C(COc2ccc(Cl)cc2Cl)O[C@]1(C)c1ccccc1. The highest BCUT2D eigenvalue weighted by Gasteiger charge is 2.44. The average Bonchev–Trinajstić information content (AvgIpc) is 2.93. The van der Waals surface area contributed by atoms with Crippen molar-refractivity contribution < 1.29 is 14.3 Å². The zero-order chi connectivity index (χ0) is 18.0. The van der Waals surface area contributed by atoms with Gasteiger partial charge in [0.15, 0.2) is 6.61 Å². The molecule has 1 atom stereocenters. The van der Waals surface area contributed by atoms with Crippen LogP contribution in [0.25, 0.3) is 0 Å². The Kier molecular flexibility index (Phi) is 4.88. The van der Waals surface area contributed by atoms with E-state index in [1.165, 1.54) is 11.9 Å². The van der Waals surface area contributed by atoms with Crippen molar-refractivity contribution in [1.82, 2.24) is 5.01 Å². The summed E-state index contributed by atoms with van der Waals surface area (Å²) in [5.74, 6) is 0.513. The topological polar surface area (TPSA) is 51.1 Å². The van der Waals surface area contributed by atoms with E-state index in [0.29, 0.717) is 15.8 Å². The van der Waals surface area contributed by atoms with Gasteiger partial charge in [0.2, 0.25) is 17.5 Å². The average molecular weight is 379 g/mol. The molecule has 0 saturated heterocycles. The molecule has 0 fully saturated rings. The fourth-order valence-electron chi connectivity index (χ4n) is 2.59. The first-order valence-electron chi connectivity index (χ1n) is 7.61. The number of nitrogens with zero attached hydrogens (tertiary/aromatic N) is 2. The number of hydrazone groups is 1. The minimum Gasteiger partial charge on any atom is -0.482 e. The van der Waals surface area contributed by atoms with Gasteiger partial charge in [0.1, 0.15) is 5.75 Å². The molecule has 3 rings (SSSR count). The predicted octanol–water partition coefficient (Wildman–Crippen LogP) is 4.44. The molecule has 7 heteroatoms. The number of ether oxygens (including phenoxy) is 2. The van der Waals surface area contributed by atoms with Crippen LogP contribution in [0.4, 0.5) is 0 Å². The number of hydrogen-bond donors (Lipinski definition) is 0. The van der Waals surface area contributed by atoms with Crippen LogP contribution in [0, 0.1) is 0 Å². The van der Waals surface area contributed by atoms with Gasteiger partial charge in [-0.05, 0) is 18.2 Å². The van der Waals surface area contributed by atoms with Gasteiger partial charge in [-0.3, -0.25) is 4.79 Å². The summed E-state index contributed by atoms with van der Waals surface area (Å²) < 4.78 is 11.6. The van der Waals surface area contributed by atoms with Crippen LogP contribution >= 0.6 is 23.2 Å². The zero-order valence-corrected chi connectivity index (χ0v) is 15.2. The van der Waals surface area contributed by atoms with Crippen LogP contribution in [0.2, 0.25) is 10.0 Å². The first-order valence-corrected chi connectivity index (χ1v) is 8.36. The molecular weight excluding hydrogens is 363 g/mol. The fourth-order valence-corrected chi connectivity index (χ4v) is 3.05. The van der Waals surface area contributed by atoms with E-state index in [1.807, 2.05) is 30.3 Å². The maximum absolute atomic E-state index is 12.0. The van der Waals surface area contributed by atoms with E-state index < -0.39 is 5.72 Å². The number of carbonyl (C=O) groups excluding carboxylic acids is 1. The minimum atomic E-state index is -1.02. The Morgan fingerprint density at radius 3 is 2.60 bits per heavy atom. The van der Waals surface area contributed by atoms with Gasteiger partial charge in [-0.15, -0.1) is 5.10 Å². The lowest BCUT2D eigenvalue weighted by Crippen LogP contribution is -2.41. The van der Waals surface area contributed by atoms with Crippen molar-refractivity contribution in [3.05, 3.63) is 64.1 Å². The highest BCUT2D eigenvalue weighted by Crippen LogP contribution is 2.35. The second-order valence-electron chi connectivity index (χ2n) is 5.64. The van der Waals surface area contributed by atoms with Crippen molar-refractivity contribution in [1.29, 1.82) is 0 Å². The lowest BCUT2D eigenvalue weighted by atomic mass is 10.0. The summed E-state index contributed by atoms with van der Waals surface area (Å²) in [7, 11) is 0. The van der Waals surface area contributed by atoms with Crippen LogP contribution in [0.15, 0.2) is 53.6 Å². The van der Waals surface area contributed by atoms with E-state index in [-0.39, 0.29) is 18.4 Å². The Morgan fingerprint density at radius 2 is 1.96 bits per heavy atom. The van der Waals surface area contributed by atoms with Gasteiger partial charge >= 0.3 is 0 Å². The molecule has 1 heterocycles. The molecular formula is C18H16Cl2N2O3. The molecule has 0 unspecified atom stereocenters. The molecule has 2 aromatic carbocycles. The Balaban J connectivity index is 1.79. The third-order valence-electron chi connectivity index (χ3n) is 3.79. The number of rotatable bonds is 4. The van der Waals surface area contributed by atoms with Gasteiger partial charge in [-0.25, -0.2) is 0 Å². The Morgan fingerprint density at radius 1 is 1.24 bits per heavy atom. The number of amides is 1. The standard InChI is InChI=1S/C18H16Cl2N2O3/c1-12(23)22-18(2,13-6-4-3-5-7-13)25-17(21-22)11-24-16-9-8-14(19)10-15(16)20/h3-10H,11H2,1-2H3/t18-/m1/s1. The lowest BCUT2D eigenvalue weighted by Gasteiger charge is -2.30. The molecule has 0 N–H and O–H groups in total. The van der Waals surface area contributed by atoms with Crippen molar-refractivity contribution in [2.75, 3.05) is 6.61 Å². The molecule has 0 aromatic heterocycles. The summed E-state index contributed by atoms with van der Waals surface area (Å²) in [5.41, 5.74) is -0.205. The van der Waals surface area contributed by atoms with E-state index in [4.69, 9.17) is 32.7 Å². The van der Waals surface area contributed by atoms with Gasteiger partial charge in [-0.2, -0.15) is 5.01 Å². The molecule has 0 saturated carbocycles. The van der Waals surface area contributed by atoms with Crippen LogP contribution in [-0.4, -0.2) is 23.4 Å². The molecule has 1 aliphatic heterocycles. The van der Waals surface area contributed by atoms with E-state index in [1.54, 1.807) is 25.1 Å². The summed E-state index contributed by atoms with van der Waals surface area (Å²) in [6.45, 7) is 3.26. The Labute approximate surface area is 155 Å². The highest BCUT2D eigenvalue weighted by atomic mass is 35.5. The van der Waals surface area contributed by atoms with E-state index in [0.717, 1.165) is 5.56 Å². The van der Waals surface area contributed by atoms with Gasteiger partial charge < -0.3 is 9.47 Å². The Bertz CT molecular complexity index is 826. The van der Waals surface area contributed by atoms with Crippen LogP contribution in [-0.2, 0) is 15.3 Å². The molecule has 2 aromatic rings. The van der Waals surface area contributed by atoms with E-state index >= 15 is 0 Å². The highest BCUT2D eigenvalue weighted by molar-refractivity contribution is 6.35. The normalized spacial score (nSPS) is 19.4. The van der Waals surface area contributed by atoms with Gasteiger partial charge in [0.05, 0.1) is 5.02 Å². The molecule has 1 amide bonds. The van der Waals surface area contributed by atoms with Crippen LogP contribution in [0.3, 0.4) is 0 Å². The monoisotopic (exact) mass is 378 g/mol. The Hall–Kier alpha value is -2.24. The molecule has 0 spiro atoms. The lowest BCUT2D eigenvalue weighted by molar-refractivity contribution is -0.146. The van der Waals surface area contributed by atoms with E-state index in [2.05, 4.69) is 5.10 Å². The second kappa shape index (κ2) is 6.94. The largest absolute Gasteiger partial charge is 0.482 e. The van der Waals surface area contributed by atoms with Crippen molar-refractivity contribution >= 4 is 35.0 Å². The maximum Gasteiger partial charge on any atom is 0.247 e. The van der Waals surface area contributed by atoms with Crippen LogP contribution in [0.1, 0.15) is 19.4 Å². The summed E-state index contributed by atoms with van der Waals surface area (Å²) in [6, 6.07) is 14.3. The van der Waals surface area contributed by atoms with Crippen LogP contribution in [0.5, 0.6) is 5.75 Å². The first kappa shape index (κ1) is 17.6. The van der Waals surface area contributed by atoms with Crippen molar-refractivity contribution in [2.45, 2.75) is 19.6 Å². The quantitative estimate of drug-likeness (QED) is 0.789. The number of halogens is 2. The molecule has 5 nitrogen and oxygen atoms in total. The summed E-state index contributed by atoms with van der Waals surface area (Å²) in [6.07, 6.45) is 0. The predicted molar refractivity (Wildman–Crippen MR) is 96.8 cm³/mol. The van der Waals surface area contributed by atoms with Gasteiger partial charge in [0, 0.05) is 24.4 Å². The van der Waals surface area contributed by atoms with Crippen molar-refractivity contribution in [3.63, 3.8) is 0 Å². The molecule has 25 heavy (non-hydrogen) atoms. The molecule has 0 bridgehead atoms. The van der Waals surface area contributed by atoms with E-state index in [9.17, 15) is 4.79 Å². The third-order valence-corrected chi connectivity index (χ3v) is 4.32. The number of carbonyl (C=O) groups is 1. The van der Waals surface area contributed by atoms with Crippen molar-refractivity contribution in [2.24, 2.45) is 5.10 Å². The third kappa shape index (κ3) is 3.57. The summed E-state index contributed by atoms with van der Waals surface area (Å²) in [5, 5.41) is 6.48. The van der Waals surface area contributed by atoms with Crippen LogP contribution < -0.4 is 4.74 Å². The number of benzene rings is 2. The minimum absolute atomic E-state index is 0.0353. The summed E-state index contributed by atoms with van der Waals surface area (Å²) in [4.78, 5) is 12.0. The smallest absolute Gasteiger partial charge is 0.247 e. The maximum atomic E-state index is 12.0. The van der Waals surface area contributed by atoms with Gasteiger partial charge in [0.25, 0.3) is 0 Å². The fraction of sp³-hybridized carbons (Fsp3) is 0.222. The van der Waals surface area contributed by atoms with Gasteiger partial charge in [-0.1, -0.05) is 53.5 Å². The first-order chi connectivity index (χ1) is 11.9.